The topological polar surface area (TPSA) is 67.6 Å². The summed E-state index contributed by atoms with van der Waals surface area (Å²) in [6.07, 6.45) is 4.30. The van der Waals surface area contributed by atoms with Gasteiger partial charge in [0.25, 0.3) is 0 Å². The van der Waals surface area contributed by atoms with Gasteiger partial charge in [-0.15, -0.1) is 0 Å². The second kappa shape index (κ2) is 6.60. The molecule has 0 unspecified atom stereocenters. The number of carboxylic acid groups (broad SMARTS) is 1. The van der Waals surface area contributed by atoms with Crippen LogP contribution in [0.25, 0.3) is 0 Å². The summed E-state index contributed by atoms with van der Waals surface area (Å²) in [5.41, 5.74) is -1.31. The molecule has 0 amide bonds. The predicted molar refractivity (Wildman–Crippen MR) is 85.1 cm³/mol. The lowest BCUT2D eigenvalue weighted by Gasteiger charge is -2.38. The third-order valence-corrected chi connectivity index (χ3v) is 4.45. The van der Waals surface area contributed by atoms with E-state index in [-0.39, 0.29) is 5.75 Å². The zero-order valence-electron chi connectivity index (χ0n) is 13.5. The van der Waals surface area contributed by atoms with Gasteiger partial charge in [-0.25, -0.2) is 14.2 Å². The molecule has 128 valence electrons. The Labute approximate surface area is 139 Å². The lowest BCUT2D eigenvalue weighted by atomic mass is 9.91. The molecule has 7 heteroatoms. The molecule has 0 aliphatic carbocycles. The fraction of sp³-hybridized carbons (Fsp3) is 0.412. The number of nitrogens with zero attached hydrogens (tertiary/aromatic N) is 3. The van der Waals surface area contributed by atoms with E-state index in [2.05, 4.69) is 9.88 Å². The van der Waals surface area contributed by atoms with Gasteiger partial charge in [-0.2, -0.15) is 0 Å². The minimum Gasteiger partial charge on any atom is -0.478 e. The van der Waals surface area contributed by atoms with Crippen LogP contribution >= 0.6 is 0 Å². The first-order valence-electron chi connectivity index (χ1n) is 7.85. The Bertz CT molecular complexity index is 723. The number of likely N-dealkylation sites (tertiary alicyclic amines) is 1. The molecule has 3 rings (SSSR count). The van der Waals surface area contributed by atoms with Crippen LogP contribution in [0.3, 0.4) is 0 Å². The van der Waals surface area contributed by atoms with E-state index in [1.807, 2.05) is 17.8 Å². The second-order valence-electron chi connectivity index (χ2n) is 6.09. The Hall–Kier alpha value is -2.41. The highest BCUT2D eigenvalue weighted by atomic mass is 19.1. The number of rotatable bonds is 5. The number of ether oxygens (including phenoxy) is 1. The lowest BCUT2D eigenvalue weighted by Crippen LogP contribution is -2.53. The monoisotopic (exact) mass is 333 g/mol. The van der Waals surface area contributed by atoms with Gasteiger partial charge in [0.1, 0.15) is 17.4 Å². The van der Waals surface area contributed by atoms with Crippen molar-refractivity contribution in [2.75, 3.05) is 13.1 Å². The number of carbonyl (C=O) groups is 1. The Morgan fingerprint density at radius 2 is 2.17 bits per heavy atom. The van der Waals surface area contributed by atoms with Gasteiger partial charge >= 0.3 is 5.97 Å². The predicted octanol–water partition coefficient (Wildman–Crippen LogP) is 2.06. The van der Waals surface area contributed by atoms with E-state index in [0.717, 1.165) is 5.82 Å². The van der Waals surface area contributed by atoms with Gasteiger partial charge in [0.05, 0.1) is 6.54 Å². The van der Waals surface area contributed by atoms with E-state index in [1.54, 1.807) is 12.3 Å². The molecule has 2 heterocycles. The molecular weight excluding hydrogens is 313 g/mol. The first-order valence-corrected chi connectivity index (χ1v) is 7.85. The molecular formula is C17H20FN3O3. The minimum atomic E-state index is -1.31. The number of hydrogen-bond donors (Lipinski definition) is 1. The van der Waals surface area contributed by atoms with Crippen molar-refractivity contribution in [3.05, 3.63) is 48.3 Å². The van der Waals surface area contributed by atoms with Crippen LogP contribution in [0.4, 0.5) is 4.39 Å². The minimum absolute atomic E-state index is 0.245. The number of halogens is 1. The van der Waals surface area contributed by atoms with Gasteiger partial charge in [-0.05, 0) is 12.1 Å². The molecule has 1 aromatic heterocycles. The Balaban J connectivity index is 1.68. The first kappa shape index (κ1) is 16.4. The fourth-order valence-electron chi connectivity index (χ4n) is 2.94. The van der Waals surface area contributed by atoms with Crippen molar-refractivity contribution in [1.82, 2.24) is 14.5 Å². The van der Waals surface area contributed by atoms with Gasteiger partial charge < -0.3 is 14.4 Å². The zero-order chi connectivity index (χ0) is 17.2. The van der Waals surface area contributed by atoms with E-state index in [1.165, 1.54) is 18.2 Å². The second-order valence-corrected chi connectivity index (χ2v) is 6.09. The van der Waals surface area contributed by atoms with Crippen molar-refractivity contribution < 1.29 is 19.0 Å². The Kier molecular flexibility index (Phi) is 4.53. The fourth-order valence-corrected chi connectivity index (χ4v) is 2.94. The summed E-state index contributed by atoms with van der Waals surface area (Å²) in [4.78, 5) is 18.2. The molecule has 0 atom stereocenters. The normalized spacial score (nSPS) is 17.6. The molecule has 1 aliphatic heterocycles. The molecule has 1 N–H and O–H groups in total. The maximum absolute atomic E-state index is 13.3. The van der Waals surface area contributed by atoms with Crippen LogP contribution in [-0.2, 0) is 18.4 Å². The van der Waals surface area contributed by atoms with E-state index in [9.17, 15) is 14.3 Å². The first-order chi connectivity index (χ1) is 11.5. The summed E-state index contributed by atoms with van der Waals surface area (Å²) in [6.45, 7) is 1.82. The summed E-state index contributed by atoms with van der Waals surface area (Å²) in [5.74, 6) is -0.275. The summed E-state index contributed by atoms with van der Waals surface area (Å²) < 4.78 is 21.0. The highest BCUT2D eigenvalue weighted by Crippen LogP contribution is 2.30. The molecule has 0 spiro atoms. The number of benzene rings is 1. The molecule has 24 heavy (non-hydrogen) atoms. The van der Waals surface area contributed by atoms with Crippen LogP contribution in [0.15, 0.2) is 36.7 Å². The smallest absolute Gasteiger partial charge is 0.348 e. The van der Waals surface area contributed by atoms with Gasteiger partial charge in [0.15, 0.2) is 0 Å². The molecule has 1 saturated heterocycles. The molecule has 0 radical (unpaired) electrons. The SMILES string of the molecule is Cn1ccnc1CN1CCC(Oc2cccc(F)c2)(C(=O)O)CC1. The molecule has 1 fully saturated rings. The third-order valence-electron chi connectivity index (χ3n) is 4.45. The third kappa shape index (κ3) is 3.41. The van der Waals surface area contributed by atoms with E-state index < -0.39 is 17.4 Å². The van der Waals surface area contributed by atoms with E-state index in [4.69, 9.17) is 4.74 Å². The van der Waals surface area contributed by atoms with Crippen LogP contribution in [0.2, 0.25) is 0 Å². The van der Waals surface area contributed by atoms with Crippen molar-refractivity contribution in [3.63, 3.8) is 0 Å². The van der Waals surface area contributed by atoms with Gasteiger partial charge in [-0.1, -0.05) is 6.07 Å². The van der Waals surface area contributed by atoms with Crippen LogP contribution < -0.4 is 4.74 Å². The van der Waals surface area contributed by atoms with E-state index in [0.29, 0.717) is 32.5 Å². The number of imidazole rings is 1. The Morgan fingerprint density at radius 3 is 2.75 bits per heavy atom. The van der Waals surface area contributed by atoms with E-state index >= 15 is 0 Å². The molecule has 0 saturated carbocycles. The van der Waals surface area contributed by atoms with Gasteiger partial charge in [-0.3, -0.25) is 4.90 Å². The average Bonchev–Trinajstić information content (AvgIpc) is 2.94. The molecule has 1 aromatic carbocycles. The molecule has 0 bridgehead atoms. The summed E-state index contributed by atoms with van der Waals surface area (Å²) in [7, 11) is 1.93. The van der Waals surface area contributed by atoms with Crippen molar-refractivity contribution in [1.29, 1.82) is 0 Å². The van der Waals surface area contributed by atoms with Crippen LogP contribution in [0.5, 0.6) is 5.75 Å². The van der Waals surface area contributed by atoms with Crippen molar-refractivity contribution in [2.45, 2.75) is 25.0 Å². The highest BCUT2D eigenvalue weighted by Gasteiger charge is 2.44. The summed E-state index contributed by atoms with van der Waals surface area (Å²) in [6, 6.07) is 5.60. The number of aryl methyl sites for hydroxylation is 1. The van der Waals surface area contributed by atoms with Crippen LogP contribution in [-0.4, -0.2) is 44.2 Å². The maximum atomic E-state index is 13.3. The summed E-state index contributed by atoms with van der Waals surface area (Å²) in [5, 5.41) is 9.65. The molecule has 2 aromatic rings. The quantitative estimate of drug-likeness (QED) is 0.907. The largest absolute Gasteiger partial charge is 0.478 e. The van der Waals surface area contributed by atoms with Crippen LogP contribution in [0.1, 0.15) is 18.7 Å². The number of carboxylic acids is 1. The number of hydrogen-bond acceptors (Lipinski definition) is 4. The van der Waals surface area contributed by atoms with Gasteiger partial charge in [0, 0.05) is 51.4 Å². The maximum Gasteiger partial charge on any atom is 0.348 e. The number of piperidine rings is 1. The van der Waals surface area contributed by atoms with Gasteiger partial charge in [0.2, 0.25) is 5.60 Å². The zero-order valence-corrected chi connectivity index (χ0v) is 13.5. The summed E-state index contributed by atoms with van der Waals surface area (Å²) >= 11 is 0. The standard InChI is InChI=1S/C17H20FN3O3/c1-20-10-7-19-15(20)12-21-8-5-17(6-9-21,16(22)23)24-14-4-2-3-13(18)11-14/h2-4,7,10-11H,5-6,8-9,12H2,1H3,(H,22,23). The Morgan fingerprint density at radius 1 is 1.42 bits per heavy atom. The van der Waals surface area contributed by atoms with Crippen molar-refractivity contribution >= 4 is 5.97 Å². The number of aromatic nitrogens is 2. The van der Waals surface area contributed by atoms with Crippen molar-refractivity contribution in [2.24, 2.45) is 7.05 Å². The average molecular weight is 333 g/mol. The molecule has 6 nitrogen and oxygen atoms in total. The highest BCUT2D eigenvalue weighted by molar-refractivity contribution is 5.78. The lowest BCUT2D eigenvalue weighted by molar-refractivity contribution is -0.160. The van der Waals surface area contributed by atoms with Crippen molar-refractivity contribution in [3.8, 4) is 5.75 Å². The number of aliphatic carboxylic acids is 1. The molecule has 1 aliphatic rings. The van der Waals surface area contributed by atoms with Crippen LogP contribution in [0, 0.1) is 5.82 Å².